The van der Waals surface area contributed by atoms with Crippen LogP contribution < -0.4 is 4.74 Å². The molecule has 10 heteroatoms. The summed E-state index contributed by atoms with van der Waals surface area (Å²) in [5.41, 5.74) is 4.11. The lowest BCUT2D eigenvalue weighted by molar-refractivity contribution is -0.143. The topological polar surface area (TPSA) is 150 Å². The molecule has 0 saturated carbocycles. The summed E-state index contributed by atoms with van der Waals surface area (Å²) in [4.78, 5) is 26.5. The minimum atomic E-state index is -0.790. The second kappa shape index (κ2) is 12.0. The summed E-state index contributed by atoms with van der Waals surface area (Å²) >= 11 is 0. The van der Waals surface area contributed by atoms with E-state index in [1.165, 1.54) is 0 Å². The van der Waals surface area contributed by atoms with Gasteiger partial charge in [-0.25, -0.2) is 0 Å². The number of benzene rings is 2. The lowest BCUT2D eigenvalue weighted by Gasteiger charge is -2.33. The number of aromatic nitrogens is 2. The molecular weight excluding hydrogens is 464 g/mol. The molecular formula is C26H28N4O6. The highest BCUT2D eigenvalue weighted by atomic mass is 16.5. The van der Waals surface area contributed by atoms with Crippen molar-refractivity contribution in [3.8, 4) is 34.7 Å². The average Bonchev–Trinajstić information content (AvgIpc) is 3.34. The SMILES string of the molecule is CCC(C(=O)O)N1CCc2c(cccc2-c2noc(-c3ccc(OC(C)C)c(C#N)c3)n2)C1.O=CO. The van der Waals surface area contributed by atoms with E-state index in [4.69, 9.17) is 19.2 Å². The third-order valence-electron chi connectivity index (χ3n) is 5.78. The Morgan fingerprint density at radius 1 is 1.33 bits per heavy atom. The van der Waals surface area contributed by atoms with Gasteiger partial charge in [0.2, 0.25) is 5.82 Å². The van der Waals surface area contributed by atoms with Crippen molar-refractivity contribution in [1.29, 1.82) is 5.26 Å². The van der Waals surface area contributed by atoms with Gasteiger partial charge in [-0.05, 0) is 56.0 Å². The maximum absolute atomic E-state index is 11.6. The molecule has 36 heavy (non-hydrogen) atoms. The van der Waals surface area contributed by atoms with Crippen LogP contribution in [0.4, 0.5) is 0 Å². The minimum absolute atomic E-state index is 0.0405. The molecule has 1 atom stereocenters. The summed E-state index contributed by atoms with van der Waals surface area (Å²) < 4.78 is 11.2. The summed E-state index contributed by atoms with van der Waals surface area (Å²) in [7, 11) is 0. The summed E-state index contributed by atoms with van der Waals surface area (Å²) in [6.07, 6.45) is 1.23. The lowest BCUT2D eigenvalue weighted by atomic mass is 9.93. The molecule has 0 bridgehead atoms. The molecule has 1 aromatic heterocycles. The third kappa shape index (κ3) is 5.87. The van der Waals surface area contributed by atoms with Gasteiger partial charge in [0.05, 0.1) is 11.7 Å². The maximum Gasteiger partial charge on any atom is 0.320 e. The van der Waals surface area contributed by atoms with Crippen molar-refractivity contribution >= 4 is 12.4 Å². The maximum atomic E-state index is 11.6. The van der Waals surface area contributed by atoms with Crippen molar-refractivity contribution in [3.63, 3.8) is 0 Å². The van der Waals surface area contributed by atoms with Crippen molar-refractivity contribution in [1.82, 2.24) is 15.0 Å². The van der Waals surface area contributed by atoms with E-state index in [0.29, 0.717) is 54.5 Å². The van der Waals surface area contributed by atoms with Crippen LogP contribution in [-0.4, -0.2) is 56.4 Å². The molecule has 3 aromatic rings. The van der Waals surface area contributed by atoms with Gasteiger partial charge in [-0.15, -0.1) is 0 Å². The fourth-order valence-electron chi connectivity index (χ4n) is 4.25. The van der Waals surface area contributed by atoms with Crippen LogP contribution in [-0.2, 0) is 22.6 Å². The molecule has 1 aliphatic heterocycles. The Hall–Kier alpha value is -4.23. The first kappa shape index (κ1) is 26.4. The Kier molecular flexibility index (Phi) is 8.76. The van der Waals surface area contributed by atoms with Crippen LogP contribution in [0.15, 0.2) is 40.9 Å². The van der Waals surface area contributed by atoms with Gasteiger partial charge in [-0.1, -0.05) is 30.3 Å². The first-order valence-corrected chi connectivity index (χ1v) is 11.5. The monoisotopic (exact) mass is 492 g/mol. The van der Waals surface area contributed by atoms with Gasteiger partial charge >= 0.3 is 5.97 Å². The number of nitrogens with zero attached hydrogens (tertiary/aromatic N) is 4. The first-order valence-electron chi connectivity index (χ1n) is 11.5. The van der Waals surface area contributed by atoms with E-state index in [-0.39, 0.29) is 12.6 Å². The number of fused-ring (bicyclic) bond motifs is 1. The second-order valence-corrected chi connectivity index (χ2v) is 8.44. The Bertz CT molecular complexity index is 1260. The van der Waals surface area contributed by atoms with Crippen molar-refractivity contribution in [2.45, 2.75) is 52.3 Å². The zero-order chi connectivity index (χ0) is 26.2. The van der Waals surface area contributed by atoms with E-state index >= 15 is 0 Å². The summed E-state index contributed by atoms with van der Waals surface area (Å²) in [6.45, 7) is 6.68. The van der Waals surface area contributed by atoms with Crippen LogP contribution in [0.1, 0.15) is 43.9 Å². The summed E-state index contributed by atoms with van der Waals surface area (Å²) in [5.74, 6) is 0.525. The van der Waals surface area contributed by atoms with Crippen LogP contribution in [0, 0.1) is 11.3 Å². The van der Waals surface area contributed by atoms with E-state index in [1.54, 1.807) is 18.2 Å². The van der Waals surface area contributed by atoms with Crippen LogP contribution in [0.2, 0.25) is 0 Å². The summed E-state index contributed by atoms with van der Waals surface area (Å²) in [6, 6.07) is 12.8. The van der Waals surface area contributed by atoms with Crippen molar-refractivity contribution in [3.05, 3.63) is 53.1 Å². The Morgan fingerprint density at radius 3 is 2.72 bits per heavy atom. The molecule has 188 valence electrons. The highest BCUT2D eigenvalue weighted by Crippen LogP contribution is 2.32. The van der Waals surface area contributed by atoms with E-state index in [2.05, 4.69) is 16.2 Å². The summed E-state index contributed by atoms with van der Waals surface area (Å²) in [5, 5.41) is 30.1. The number of hydrogen-bond acceptors (Lipinski definition) is 8. The number of hydrogen-bond donors (Lipinski definition) is 2. The van der Waals surface area contributed by atoms with Crippen molar-refractivity contribution in [2.75, 3.05) is 6.54 Å². The van der Waals surface area contributed by atoms with Crippen LogP contribution in [0.5, 0.6) is 5.75 Å². The van der Waals surface area contributed by atoms with Crippen LogP contribution in [0.3, 0.4) is 0 Å². The molecule has 0 spiro atoms. The normalized spacial score (nSPS) is 13.6. The quantitative estimate of drug-likeness (QED) is 0.463. The number of carbonyl (C=O) groups is 2. The zero-order valence-electron chi connectivity index (χ0n) is 20.3. The highest BCUT2D eigenvalue weighted by Gasteiger charge is 2.29. The Balaban J connectivity index is 0.00000115. The standard InChI is InChI=1S/C25H26N4O4.CH2O2/c1-4-21(25(30)31)29-11-10-19-17(14-29)6-5-7-20(19)23-27-24(33-28-23)16-8-9-22(32-15(2)3)18(12-16)13-26;2-1-3/h5-9,12,15,21H,4,10-11,14H2,1-3H3,(H,30,31);1H,(H,2,3). The minimum Gasteiger partial charge on any atom is -0.490 e. The molecule has 0 saturated heterocycles. The van der Waals surface area contributed by atoms with Gasteiger partial charge in [0.15, 0.2) is 0 Å². The molecule has 2 N–H and O–H groups in total. The van der Waals surface area contributed by atoms with E-state index in [1.807, 2.05) is 43.9 Å². The van der Waals surface area contributed by atoms with Gasteiger partial charge in [-0.2, -0.15) is 10.2 Å². The molecule has 1 unspecified atom stereocenters. The van der Waals surface area contributed by atoms with E-state index in [9.17, 15) is 15.2 Å². The average molecular weight is 493 g/mol. The number of aliphatic carboxylic acids is 1. The number of nitriles is 1. The van der Waals surface area contributed by atoms with Gasteiger partial charge < -0.3 is 19.5 Å². The number of carboxylic acid groups (broad SMARTS) is 2. The largest absolute Gasteiger partial charge is 0.490 e. The number of rotatable bonds is 7. The molecule has 0 aliphatic carbocycles. The number of carboxylic acids is 1. The molecule has 1 aliphatic rings. The zero-order valence-corrected chi connectivity index (χ0v) is 20.3. The molecule has 0 amide bonds. The third-order valence-corrected chi connectivity index (χ3v) is 5.78. The van der Waals surface area contributed by atoms with Crippen LogP contribution in [0.25, 0.3) is 22.8 Å². The van der Waals surface area contributed by atoms with Crippen LogP contribution >= 0.6 is 0 Å². The second-order valence-electron chi connectivity index (χ2n) is 8.44. The molecule has 0 fully saturated rings. The molecule has 2 heterocycles. The predicted octanol–water partition coefficient (Wildman–Crippen LogP) is 3.98. The Labute approximate surface area is 208 Å². The lowest BCUT2D eigenvalue weighted by Crippen LogP contribution is -2.43. The van der Waals surface area contributed by atoms with Crippen molar-refractivity contribution < 1.29 is 29.1 Å². The molecule has 4 rings (SSSR count). The molecule has 0 radical (unpaired) electrons. The number of ether oxygens (including phenoxy) is 1. The fraction of sp³-hybridized carbons (Fsp3) is 0.346. The highest BCUT2D eigenvalue weighted by molar-refractivity contribution is 5.73. The first-order chi connectivity index (χ1) is 17.3. The van der Waals surface area contributed by atoms with Gasteiger partial charge in [0.25, 0.3) is 12.4 Å². The smallest absolute Gasteiger partial charge is 0.320 e. The predicted molar refractivity (Wildman–Crippen MR) is 130 cm³/mol. The van der Waals surface area contributed by atoms with Gasteiger partial charge in [0.1, 0.15) is 17.9 Å². The van der Waals surface area contributed by atoms with Gasteiger partial charge in [-0.3, -0.25) is 14.5 Å². The molecule has 2 aromatic carbocycles. The fourth-order valence-corrected chi connectivity index (χ4v) is 4.25. The van der Waals surface area contributed by atoms with Gasteiger partial charge in [0, 0.05) is 24.2 Å². The van der Waals surface area contributed by atoms with Crippen molar-refractivity contribution in [2.24, 2.45) is 0 Å². The van der Waals surface area contributed by atoms with E-state index in [0.717, 1.165) is 16.7 Å². The van der Waals surface area contributed by atoms with E-state index < -0.39 is 12.0 Å². The Morgan fingerprint density at radius 2 is 2.08 bits per heavy atom. The molecule has 10 nitrogen and oxygen atoms in total.